The fourth-order valence-corrected chi connectivity index (χ4v) is 3.44. The first-order chi connectivity index (χ1) is 8.70. The molecular weight excluding hydrogens is 242 g/mol. The van der Waals surface area contributed by atoms with Crippen LogP contribution in [0, 0.1) is 5.92 Å². The number of thiazole rings is 1. The van der Waals surface area contributed by atoms with Crippen molar-refractivity contribution < 1.29 is 0 Å². The van der Waals surface area contributed by atoms with Crippen molar-refractivity contribution in [2.24, 2.45) is 5.92 Å². The van der Waals surface area contributed by atoms with Gasteiger partial charge in [0.25, 0.3) is 0 Å². The molecule has 1 saturated heterocycles. The first kappa shape index (κ1) is 13.8. The van der Waals surface area contributed by atoms with Crippen LogP contribution in [0.15, 0.2) is 5.38 Å². The van der Waals surface area contributed by atoms with Gasteiger partial charge in [-0.05, 0) is 31.7 Å². The largest absolute Gasteiger partial charge is 0.344 e. The third-order valence-electron chi connectivity index (χ3n) is 3.46. The number of aryl methyl sites for hydroxylation is 1. The summed E-state index contributed by atoms with van der Waals surface area (Å²) in [6, 6.07) is 0.639. The van der Waals surface area contributed by atoms with E-state index in [-0.39, 0.29) is 0 Å². The van der Waals surface area contributed by atoms with Gasteiger partial charge in [-0.3, -0.25) is 0 Å². The quantitative estimate of drug-likeness (QED) is 0.859. The van der Waals surface area contributed by atoms with Crippen LogP contribution < -0.4 is 10.2 Å². The van der Waals surface area contributed by atoms with Gasteiger partial charge >= 0.3 is 0 Å². The average molecular weight is 267 g/mol. The summed E-state index contributed by atoms with van der Waals surface area (Å²) >= 11 is 1.80. The summed E-state index contributed by atoms with van der Waals surface area (Å²) in [5.74, 6) is 0.728. The van der Waals surface area contributed by atoms with E-state index in [9.17, 15) is 0 Å². The van der Waals surface area contributed by atoms with Crippen molar-refractivity contribution in [2.45, 2.75) is 46.1 Å². The summed E-state index contributed by atoms with van der Waals surface area (Å²) in [7, 11) is 0. The summed E-state index contributed by atoms with van der Waals surface area (Å²) in [4.78, 5) is 7.22. The number of nitrogens with one attached hydrogen (secondary N) is 1. The van der Waals surface area contributed by atoms with E-state index in [0.29, 0.717) is 6.04 Å². The van der Waals surface area contributed by atoms with Gasteiger partial charge in [0.15, 0.2) is 5.13 Å². The molecule has 1 N–H and O–H groups in total. The highest BCUT2D eigenvalue weighted by molar-refractivity contribution is 7.13. The Morgan fingerprint density at radius 3 is 3.06 bits per heavy atom. The third-order valence-corrected chi connectivity index (χ3v) is 4.38. The van der Waals surface area contributed by atoms with E-state index in [1.807, 2.05) is 0 Å². The minimum Gasteiger partial charge on any atom is -0.344 e. The normalized spacial score (nSPS) is 20.0. The molecule has 3 nitrogen and oxygen atoms in total. The van der Waals surface area contributed by atoms with Crippen LogP contribution in [0.5, 0.6) is 0 Å². The maximum atomic E-state index is 4.72. The van der Waals surface area contributed by atoms with Crippen molar-refractivity contribution in [3.8, 4) is 0 Å². The molecular formula is C14H25N3S. The minimum absolute atomic E-state index is 0.639. The topological polar surface area (TPSA) is 28.2 Å². The molecule has 0 bridgehead atoms. The van der Waals surface area contributed by atoms with Gasteiger partial charge in [-0.25, -0.2) is 4.98 Å². The summed E-state index contributed by atoms with van der Waals surface area (Å²) in [6.07, 6.45) is 3.64. The Labute approximate surface area is 115 Å². The van der Waals surface area contributed by atoms with Gasteiger partial charge in [0, 0.05) is 24.5 Å². The molecule has 1 aromatic heterocycles. The molecule has 1 aliphatic heterocycles. The highest BCUT2D eigenvalue weighted by atomic mass is 32.1. The standard InChI is InChI=1S/C14H25N3S/c1-4-12-10-18-14(16-12)17-7-5-6-13(17)9-15-8-11(2)3/h10-11,13,15H,4-9H2,1-3H3. The van der Waals surface area contributed by atoms with Crippen molar-refractivity contribution in [1.29, 1.82) is 0 Å². The minimum atomic E-state index is 0.639. The summed E-state index contributed by atoms with van der Waals surface area (Å²) < 4.78 is 0. The molecule has 102 valence electrons. The molecule has 0 aromatic carbocycles. The first-order valence-electron chi connectivity index (χ1n) is 7.12. The Morgan fingerprint density at radius 1 is 1.56 bits per heavy atom. The first-order valence-corrected chi connectivity index (χ1v) is 8.00. The van der Waals surface area contributed by atoms with Gasteiger partial charge in [0.1, 0.15) is 0 Å². The molecule has 0 spiro atoms. The Morgan fingerprint density at radius 2 is 2.39 bits per heavy atom. The molecule has 0 amide bonds. The molecule has 1 atom stereocenters. The van der Waals surface area contributed by atoms with Crippen LogP contribution in [0.2, 0.25) is 0 Å². The molecule has 2 rings (SSSR count). The van der Waals surface area contributed by atoms with Crippen molar-refractivity contribution in [2.75, 3.05) is 24.5 Å². The predicted molar refractivity (Wildman–Crippen MR) is 79.6 cm³/mol. The second-order valence-electron chi connectivity index (χ2n) is 5.52. The van der Waals surface area contributed by atoms with Crippen molar-refractivity contribution in [1.82, 2.24) is 10.3 Å². The zero-order valence-corrected chi connectivity index (χ0v) is 12.6. The molecule has 1 unspecified atom stereocenters. The van der Waals surface area contributed by atoms with Crippen molar-refractivity contribution >= 4 is 16.5 Å². The maximum absolute atomic E-state index is 4.72. The van der Waals surface area contributed by atoms with Crippen molar-refractivity contribution in [3.63, 3.8) is 0 Å². The van der Waals surface area contributed by atoms with Crippen LogP contribution in [-0.4, -0.2) is 30.7 Å². The van der Waals surface area contributed by atoms with Gasteiger partial charge in [-0.1, -0.05) is 20.8 Å². The van der Waals surface area contributed by atoms with Crippen LogP contribution >= 0.6 is 11.3 Å². The Balaban J connectivity index is 1.90. The number of hydrogen-bond acceptors (Lipinski definition) is 4. The molecule has 2 heterocycles. The lowest BCUT2D eigenvalue weighted by Crippen LogP contribution is -2.39. The Hall–Kier alpha value is -0.610. The van der Waals surface area contributed by atoms with Gasteiger partial charge < -0.3 is 10.2 Å². The monoisotopic (exact) mass is 267 g/mol. The smallest absolute Gasteiger partial charge is 0.185 e. The van der Waals surface area contributed by atoms with Gasteiger partial charge in [0.05, 0.1) is 5.69 Å². The van der Waals surface area contributed by atoms with Crippen LogP contribution in [0.1, 0.15) is 39.3 Å². The van der Waals surface area contributed by atoms with Gasteiger partial charge in [0.2, 0.25) is 0 Å². The number of hydrogen-bond donors (Lipinski definition) is 1. The number of rotatable bonds is 6. The summed E-state index contributed by atoms with van der Waals surface area (Å²) in [5, 5.41) is 7.01. The number of anilines is 1. The van der Waals surface area contributed by atoms with E-state index >= 15 is 0 Å². The molecule has 4 heteroatoms. The molecule has 1 aliphatic rings. The molecule has 0 aliphatic carbocycles. The lowest BCUT2D eigenvalue weighted by atomic mass is 10.2. The maximum Gasteiger partial charge on any atom is 0.185 e. The van der Waals surface area contributed by atoms with Gasteiger partial charge in [-0.2, -0.15) is 0 Å². The molecule has 18 heavy (non-hydrogen) atoms. The zero-order valence-electron chi connectivity index (χ0n) is 11.8. The fourth-order valence-electron chi connectivity index (χ4n) is 2.43. The SMILES string of the molecule is CCc1csc(N2CCCC2CNCC(C)C)n1. The Kier molecular flexibility index (Phi) is 5.01. The second-order valence-corrected chi connectivity index (χ2v) is 6.35. The predicted octanol–water partition coefficient (Wildman–Crippen LogP) is 2.92. The molecule has 1 aromatic rings. The van der Waals surface area contributed by atoms with E-state index < -0.39 is 0 Å². The summed E-state index contributed by atoms with van der Waals surface area (Å²) in [5.41, 5.74) is 1.23. The van der Waals surface area contributed by atoms with E-state index in [4.69, 9.17) is 4.98 Å². The highest BCUT2D eigenvalue weighted by Gasteiger charge is 2.26. The fraction of sp³-hybridized carbons (Fsp3) is 0.786. The van der Waals surface area contributed by atoms with Crippen LogP contribution in [0.3, 0.4) is 0 Å². The summed E-state index contributed by atoms with van der Waals surface area (Å²) in [6.45, 7) is 10.1. The highest BCUT2D eigenvalue weighted by Crippen LogP contribution is 2.28. The zero-order chi connectivity index (χ0) is 13.0. The van der Waals surface area contributed by atoms with E-state index in [1.54, 1.807) is 11.3 Å². The lowest BCUT2D eigenvalue weighted by molar-refractivity contribution is 0.512. The van der Waals surface area contributed by atoms with Crippen LogP contribution in [-0.2, 0) is 6.42 Å². The Bertz CT molecular complexity index is 362. The molecule has 1 fully saturated rings. The van der Waals surface area contributed by atoms with Crippen LogP contribution in [0.25, 0.3) is 0 Å². The number of nitrogens with zero attached hydrogens (tertiary/aromatic N) is 2. The van der Waals surface area contributed by atoms with Crippen molar-refractivity contribution in [3.05, 3.63) is 11.1 Å². The van der Waals surface area contributed by atoms with E-state index in [2.05, 4.69) is 36.4 Å². The number of aromatic nitrogens is 1. The van der Waals surface area contributed by atoms with Crippen LogP contribution in [0.4, 0.5) is 5.13 Å². The molecule has 0 radical (unpaired) electrons. The van der Waals surface area contributed by atoms with E-state index in [0.717, 1.165) is 25.4 Å². The average Bonchev–Trinajstić information content (AvgIpc) is 2.95. The lowest BCUT2D eigenvalue weighted by Gasteiger charge is -2.24. The third kappa shape index (κ3) is 3.45. The second kappa shape index (κ2) is 6.53. The van der Waals surface area contributed by atoms with Gasteiger partial charge in [-0.15, -0.1) is 11.3 Å². The molecule has 0 saturated carbocycles. The van der Waals surface area contributed by atoms with E-state index in [1.165, 1.54) is 30.2 Å².